The molecular formula is C11H20F3NO. The van der Waals surface area contributed by atoms with E-state index in [1.54, 1.807) is 0 Å². The maximum Gasteiger partial charge on any atom is 0.395 e. The lowest BCUT2D eigenvalue weighted by Crippen LogP contribution is -2.37. The van der Waals surface area contributed by atoms with Gasteiger partial charge >= 0.3 is 6.18 Å². The minimum absolute atomic E-state index is 0.0230. The Morgan fingerprint density at radius 3 is 2.44 bits per heavy atom. The number of alkyl halides is 3. The van der Waals surface area contributed by atoms with E-state index in [1.165, 1.54) is 0 Å². The third-order valence-electron chi connectivity index (χ3n) is 3.29. The van der Waals surface area contributed by atoms with E-state index in [0.717, 1.165) is 25.7 Å². The molecule has 0 radical (unpaired) electrons. The third kappa shape index (κ3) is 3.94. The molecule has 16 heavy (non-hydrogen) atoms. The molecule has 3 atom stereocenters. The predicted molar refractivity (Wildman–Crippen MR) is 56.0 cm³/mol. The van der Waals surface area contributed by atoms with Gasteiger partial charge in [-0.1, -0.05) is 19.8 Å². The molecule has 0 heterocycles. The first kappa shape index (κ1) is 13.8. The zero-order valence-electron chi connectivity index (χ0n) is 9.59. The van der Waals surface area contributed by atoms with Crippen LogP contribution >= 0.6 is 0 Å². The van der Waals surface area contributed by atoms with Crippen LogP contribution in [0.3, 0.4) is 0 Å². The zero-order valence-corrected chi connectivity index (χ0v) is 9.59. The molecule has 1 rings (SSSR count). The van der Waals surface area contributed by atoms with E-state index in [9.17, 15) is 13.2 Å². The van der Waals surface area contributed by atoms with E-state index >= 15 is 0 Å². The molecular weight excluding hydrogens is 219 g/mol. The van der Waals surface area contributed by atoms with Gasteiger partial charge in [-0.2, -0.15) is 13.2 Å². The standard InChI is InChI=1S/C11H20F3NO/c1-8-4-2-3-5-10(8)16-7-9(6-15)11(12,13)14/h8-10H,2-7,15H2,1H3. The number of hydrogen-bond donors (Lipinski definition) is 1. The van der Waals surface area contributed by atoms with Gasteiger partial charge in [-0.15, -0.1) is 0 Å². The van der Waals surface area contributed by atoms with Crippen molar-refractivity contribution in [1.29, 1.82) is 0 Å². The van der Waals surface area contributed by atoms with Gasteiger partial charge in [0.1, 0.15) is 0 Å². The fourth-order valence-corrected chi connectivity index (χ4v) is 2.07. The fourth-order valence-electron chi connectivity index (χ4n) is 2.07. The molecule has 3 unspecified atom stereocenters. The summed E-state index contributed by atoms with van der Waals surface area (Å²) < 4.78 is 42.6. The average molecular weight is 239 g/mol. The van der Waals surface area contributed by atoms with Crippen molar-refractivity contribution < 1.29 is 17.9 Å². The summed E-state index contributed by atoms with van der Waals surface area (Å²) in [5.41, 5.74) is 5.11. The van der Waals surface area contributed by atoms with Crippen molar-refractivity contribution in [1.82, 2.24) is 0 Å². The van der Waals surface area contributed by atoms with Crippen LogP contribution < -0.4 is 5.73 Å². The van der Waals surface area contributed by atoms with E-state index in [-0.39, 0.29) is 12.7 Å². The molecule has 2 N–H and O–H groups in total. The highest BCUT2D eigenvalue weighted by molar-refractivity contribution is 4.74. The summed E-state index contributed by atoms with van der Waals surface area (Å²) in [5, 5.41) is 0. The lowest BCUT2D eigenvalue weighted by molar-refractivity contribution is -0.192. The summed E-state index contributed by atoms with van der Waals surface area (Å²) in [6, 6.07) is 0. The Bertz CT molecular complexity index is 208. The number of hydrogen-bond acceptors (Lipinski definition) is 2. The van der Waals surface area contributed by atoms with Crippen molar-refractivity contribution >= 4 is 0 Å². The maximum atomic E-state index is 12.4. The van der Waals surface area contributed by atoms with Gasteiger partial charge in [0.25, 0.3) is 0 Å². The summed E-state index contributed by atoms with van der Waals surface area (Å²) in [6.45, 7) is 1.34. The Labute approximate surface area is 94.3 Å². The van der Waals surface area contributed by atoms with Crippen molar-refractivity contribution in [2.45, 2.75) is 44.9 Å². The Hall–Kier alpha value is -0.290. The molecule has 5 heteroatoms. The number of halogens is 3. The smallest absolute Gasteiger partial charge is 0.377 e. The van der Waals surface area contributed by atoms with Gasteiger partial charge in [0.15, 0.2) is 0 Å². The van der Waals surface area contributed by atoms with Crippen LogP contribution in [-0.4, -0.2) is 25.4 Å². The molecule has 1 fully saturated rings. The Kier molecular flexibility index (Phi) is 5.05. The van der Waals surface area contributed by atoms with Crippen molar-refractivity contribution in [3.8, 4) is 0 Å². The predicted octanol–water partition coefficient (Wildman–Crippen LogP) is 2.72. The van der Waals surface area contributed by atoms with Gasteiger partial charge in [-0.25, -0.2) is 0 Å². The number of nitrogens with two attached hydrogens (primary N) is 1. The second-order valence-electron chi connectivity index (χ2n) is 4.61. The quantitative estimate of drug-likeness (QED) is 0.818. The first-order valence-corrected chi connectivity index (χ1v) is 5.83. The summed E-state index contributed by atoms with van der Waals surface area (Å²) in [5.74, 6) is -1.16. The molecule has 0 aromatic heterocycles. The highest BCUT2D eigenvalue weighted by atomic mass is 19.4. The van der Waals surface area contributed by atoms with Gasteiger partial charge in [0.2, 0.25) is 0 Å². The molecule has 1 aliphatic rings. The molecule has 1 aliphatic carbocycles. The first-order valence-electron chi connectivity index (χ1n) is 5.83. The second-order valence-corrected chi connectivity index (χ2v) is 4.61. The molecule has 2 nitrogen and oxygen atoms in total. The fraction of sp³-hybridized carbons (Fsp3) is 1.00. The van der Waals surface area contributed by atoms with Crippen LogP contribution in [0.4, 0.5) is 13.2 Å². The summed E-state index contributed by atoms with van der Waals surface area (Å²) in [7, 11) is 0. The highest BCUT2D eigenvalue weighted by Gasteiger charge is 2.39. The van der Waals surface area contributed by atoms with Gasteiger partial charge in [0.05, 0.1) is 18.6 Å². The summed E-state index contributed by atoms with van der Waals surface area (Å²) >= 11 is 0. The zero-order chi connectivity index (χ0) is 12.2. The molecule has 0 amide bonds. The lowest BCUT2D eigenvalue weighted by Gasteiger charge is -2.30. The SMILES string of the molecule is CC1CCCCC1OCC(CN)C(F)(F)F. The van der Waals surface area contributed by atoms with E-state index < -0.39 is 18.6 Å². The lowest BCUT2D eigenvalue weighted by atomic mass is 9.88. The molecule has 1 saturated carbocycles. The van der Waals surface area contributed by atoms with Gasteiger partial charge in [0, 0.05) is 6.54 Å². The molecule has 96 valence electrons. The summed E-state index contributed by atoms with van der Waals surface area (Å²) in [4.78, 5) is 0. The third-order valence-corrected chi connectivity index (χ3v) is 3.29. The van der Waals surface area contributed by atoms with Crippen LogP contribution in [-0.2, 0) is 4.74 Å². The van der Waals surface area contributed by atoms with E-state index in [2.05, 4.69) is 0 Å². The van der Waals surface area contributed by atoms with Gasteiger partial charge in [-0.3, -0.25) is 0 Å². The summed E-state index contributed by atoms with van der Waals surface area (Å²) in [6.07, 6.45) is -0.146. The van der Waals surface area contributed by atoms with Crippen molar-refractivity contribution in [2.75, 3.05) is 13.2 Å². The Balaban J connectivity index is 2.37. The molecule has 0 bridgehead atoms. The molecule has 0 aliphatic heterocycles. The first-order chi connectivity index (χ1) is 7.45. The Morgan fingerprint density at radius 2 is 1.94 bits per heavy atom. The minimum atomic E-state index is -4.24. The van der Waals surface area contributed by atoms with E-state index in [1.807, 2.05) is 6.92 Å². The monoisotopic (exact) mass is 239 g/mol. The second kappa shape index (κ2) is 5.87. The molecule has 0 aromatic rings. The van der Waals surface area contributed by atoms with Crippen LogP contribution in [0.2, 0.25) is 0 Å². The molecule has 0 aromatic carbocycles. The van der Waals surface area contributed by atoms with Crippen LogP contribution in [0.25, 0.3) is 0 Å². The topological polar surface area (TPSA) is 35.2 Å². The highest BCUT2D eigenvalue weighted by Crippen LogP contribution is 2.30. The van der Waals surface area contributed by atoms with E-state index in [0.29, 0.717) is 5.92 Å². The number of rotatable bonds is 4. The van der Waals surface area contributed by atoms with Crippen molar-refractivity contribution in [3.05, 3.63) is 0 Å². The van der Waals surface area contributed by atoms with E-state index in [4.69, 9.17) is 10.5 Å². The number of ether oxygens (including phenoxy) is 1. The van der Waals surface area contributed by atoms with Crippen molar-refractivity contribution in [2.24, 2.45) is 17.6 Å². The van der Waals surface area contributed by atoms with Crippen LogP contribution in [0.1, 0.15) is 32.6 Å². The normalized spacial score (nSPS) is 29.1. The van der Waals surface area contributed by atoms with Gasteiger partial charge in [-0.05, 0) is 18.8 Å². The molecule has 0 spiro atoms. The average Bonchev–Trinajstić information content (AvgIpc) is 2.19. The Morgan fingerprint density at radius 1 is 1.31 bits per heavy atom. The van der Waals surface area contributed by atoms with Crippen LogP contribution in [0.15, 0.2) is 0 Å². The molecule has 0 saturated heterocycles. The van der Waals surface area contributed by atoms with Crippen molar-refractivity contribution in [3.63, 3.8) is 0 Å². The van der Waals surface area contributed by atoms with Crippen LogP contribution in [0, 0.1) is 11.8 Å². The minimum Gasteiger partial charge on any atom is -0.377 e. The van der Waals surface area contributed by atoms with Crippen LogP contribution in [0.5, 0.6) is 0 Å². The largest absolute Gasteiger partial charge is 0.395 e. The van der Waals surface area contributed by atoms with Gasteiger partial charge < -0.3 is 10.5 Å². The maximum absolute atomic E-state index is 12.4.